The van der Waals surface area contributed by atoms with Crippen molar-refractivity contribution in [1.82, 2.24) is 20.9 Å². The first kappa shape index (κ1) is 31.9. The van der Waals surface area contributed by atoms with Crippen LogP contribution in [0.15, 0.2) is 12.2 Å². The van der Waals surface area contributed by atoms with E-state index in [0.717, 1.165) is 0 Å². The average Bonchev–Trinajstić information content (AvgIpc) is 3.23. The fraction of sp³-hybridized carbons (Fsp3) is 0.731. The van der Waals surface area contributed by atoms with Crippen molar-refractivity contribution in [1.29, 1.82) is 0 Å². The van der Waals surface area contributed by atoms with Crippen LogP contribution in [0.4, 0.5) is 4.79 Å². The molecule has 37 heavy (non-hydrogen) atoms. The van der Waals surface area contributed by atoms with E-state index in [1.807, 2.05) is 13.8 Å². The Bertz CT molecular complexity index is 848. The number of carboxylic acids is 1. The zero-order valence-corrected chi connectivity index (χ0v) is 23.1. The lowest BCUT2D eigenvalue weighted by atomic mass is 10.0. The minimum atomic E-state index is -1.18. The number of nitrogens with zero attached hydrogens (tertiary/aromatic N) is 1. The number of amides is 4. The Labute approximate surface area is 219 Å². The number of carboxylic acid groups (broad SMARTS) is 1. The molecule has 11 heteroatoms. The smallest absolute Gasteiger partial charge is 0.408 e. The maximum atomic E-state index is 13.0. The molecule has 0 unspecified atom stereocenters. The molecule has 4 amide bonds. The van der Waals surface area contributed by atoms with E-state index in [1.165, 1.54) is 4.90 Å². The zero-order valence-electron chi connectivity index (χ0n) is 23.1. The van der Waals surface area contributed by atoms with E-state index in [2.05, 4.69) is 16.0 Å². The van der Waals surface area contributed by atoms with Crippen LogP contribution in [0, 0.1) is 11.8 Å². The summed E-state index contributed by atoms with van der Waals surface area (Å²) >= 11 is 0. The van der Waals surface area contributed by atoms with E-state index in [4.69, 9.17) is 9.84 Å². The molecule has 1 saturated heterocycles. The Hall–Kier alpha value is -3.11. The lowest BCUT2D eigenvalue weighted by Gasteiger charge is -2.27. The largest absolute Gasteiger partial charge is 0.480 e. The van der Waals surface area contributed by atoms with E-state index in [-0.39, 0.29) is 24.3 Å². The van der Waals surface area contributed by atoms with Crippen LogP contribution in [-0.2, 0) is 23.9 Å². The summed E-state index contributed by atoms with van der Waals surface area (Å²) < 4.78 is 5.33. The molecule has 1 heterocycles. The number of carbonyl (C=O) groups excluding carboxylic acids is 4. The van der Waals surface area contributed by atoms with Gasteiger partial charge in [0, 0.05) is 13.0 Å². The van der Waals surface area contributed by atoms with Gasteiger partial charge in [0.2, 0.25) is 17.7 Å². The molecule has 1 rings (SSSR count). The van der Waals surface area contributed by atoms with E-state index < -0.39 is 48.1 Å². The molecule has 1 aliphatic heterocycles. The molecular formula is C26H44N4O7. The molecule has 4 N–H and O–H groups in total. The molecule has 1 aliphatic rings. The van der Waals surface area contributed by atoms with E-state index >= 15 is 0 Å². The summed E-state index contributed by atoms with van der Waals surface area (Å²) in [6.45, 7) is 12.8. The van der Waals surface area contributed by atoms with E-state index in [9.17, 15) is 24.0 Å². The maximum Gasteiger partial charge on any atom is 0.408 e. The molecular weight excluding hydrogens is 480 g/mol. The molecule has 0 bridgehead atoms. The number of ether oxygens (including phenoxy) is 1. The van der Waals surface area contributed by atoms with Gasteiger partial charge in [-0.15, -0.1) is 0 Å². The van der Waals surface area contributed by atoms with Gasteiger partial charge in [0.15, 0.2) is 0 Å². The van der Waals surface area contributed by atoms with Crippen LogP contribution in [0.3, 0.4) is 0 Å². The SMILES string of the molecule is CC(C)C[C@@H](/C=C/CC(=O)N1CCC[C@@H]1C(=O)N[C@H](C(=O)NCC(=O)O)C(C)C)NC(=O)OC(C)(C)C. The second kappa shape index (κ2) is 14.6. The number of hydrogen-bond acceptors (Lipinski definition) is 6. The Morgan fingerprint density at radius 3 is 2.27 bits per heavy atom. The van der Waals surface area contributed by atoms with Crippen molar-refractivity contribution in [3.63, 3.8) is 0 Å². The van der Waals surface area contributed by atoms with Gasteiger partial charge in [0.05, 0.1) is 6.04 Å². The summed E-state index contributed by atoms with van der Waals surface area (Å²) in [7, 11) is 0. The first-order valence-electron chi connectivity index (χ1n) is 12.9. The van der Waals surface area contributed by atoms with Crippen LogP contribution in [-0.4, -0.2) is 76.6 Å². The van der Waals surface area contributed by atoms with Crippen LogP contribution >= 0.6 is 0 Å². The van der Waals surface area contributed by atoms with Crippen molar-refractivity contribution in [3.05, 3.63) is 12.2 Å². The summed E-state index contributed by atoms with van der Waals surface area (Å²) in [5.74, 6) is -2.41. The molecule has 0 saturated carbocycles. The predicted molar refractivity (Wildman–Crippen MR) is 139 cm³/mol. The first-order valence-corrected chi connectivity index (χ1v) is 12.9. The third-order valence-corrected chi connectivity index (χ3v) is 5.62. The molecule has 0 radical (unpaired) electrons. The quantitative estimate of drug-likeness (QED) is 0.285. The number of rotatable bonds is 12. The van der Waals surface area contributed by atoms with Gasteiger partial charge in [-0.05, 0) is 51.9 Å². The number of carbonyl (C=O) groups is 5. The molecule has 0 spiro atoms. The Kier molecular flexibility index (Phi) is 12.6. The number of aliphatic carboxylic acids is 1. The van der Waals surface area contributed by atoms with Crippen molar-refractivity contribution < 1.29 is 33.8 Å². The highest BCUT2D eigenvalue weighted by Crippen LogP contribution is 2.20. The van der Waals surface area contributed by atoms with Crippen LogP contribution in [0.1, 0.15) is 74.1 Å². The van der Waals surface area contributed by atoms with Gasteiger partial charge in [-0.25, -0.2) is 4.79 Å². The molecule has 11 nitrogen and oxygen atoms in total. The van der Waals surface area contributed by atoms with Crippen molar-refractivity contribution in [2.45, 2.75) is 97.9 Å². The molecule has 210 valence electrons. The van der Waals surface area contributed by atoms with E-state index in [1.54, 1.807) is 46.8 Å². The molecule has 1 fully saturated rings. The van der Waals surface area contributed by atoms with Crippen LogP contribution in [0.5, 0.6) is 0 Å². The van der Waals surface area contributed by atoms with Crippen LogP contribution in [0.2, 0.25) is 0 Å². The minimum absolute atomic E-state index is 0.0566. The van der Waals surface area contributed by atoms with Gasteiger partial charge >= 0.3 is 12.1 Å². The van der Waals surface area contributed by atoms with Gasteiger partial charge in [-0.3, -0.25) is 19.2 Å². The normalized spacial score (nSPS) is 17.5. The van der Waals surface area contributed by atoms with Gasteiger partial charge in [-0.2, -0.15) is 0 Å². The summed E-state index contributed by atoms with van der Waals surface area (Å²) in [6, 6.07) is -1.93. The van der Waals surface area contributed by atoms with Crippen molar-refractivity contribution in [2.24, 2.45) is 11.8 Å². The van der Waals surface area contributed by atoms with Gasteiger partial charge in [0.1, 0.15) is 24.2 Å². The first-order chi connectivity index (χ1) is 17.1. The average molecular weight is 525 g/mol. The third-order valence-electron chi connectivity index (χ3n) is 5.62. The molecule has 0 aromatic carbocycles. The third kappa shape index (κ3) is 12.1. The fourth-order valence-electron chi connectivity index (χ4n) is 4.00. The number of hydrogen-bond donors (Lipinski definition) is 4. The number of nitrogens with one attached hydrogen (secondary N) is 3. The monoisotopic (exact) mass is 524 g/mol. The zero-order chi connectivity index (χ0) is 28.3. The van der Waals surface area contributed by atoms with Crippen molar-refractivity contribution >= 4 is 29.8 Å². The summed E-state index contributed by atoms with van der Waals surface area (Å²) in [6.07, 6.45) is 4.78. The van der Waals surface area contributed by atoms with E-state index in [0.29, 0.717) is 31.7 Å². The highest BCUT2D eigenvalue weighted by molar-refractivity contribution is 5.93. The van der Waals surface area contributed by atoms with Crippen LogP contribution in [0.25, 0.3) is 0 Å². The molecule has 0 aromatic heterocycles. The van der Waals surface area contributed by atoms with Gasteiger partial charge < -0.3 is 30.7 Å². The van der Waals surface area contributed by atoms with Gasteiger partial charge in [-0.1, -0.05) is 39.8 Å². The van der Waals surface area contributed by atoms with Crippen LogP contribution < -0.4 is 16.0 Å². The highest BCUT2D eigenvalue weighted by Gasteiger charge is 2.36. The second-order valence-electron chi connectivity index (χ2n) is 11.1. The van der Waals surface area contributed by atoms with Gasteiger partial charge in [0.25, 0.3) is 0 Å². The van der Waals surface area contributed by atoms with Crippen molar-refractivity contribution in [3.8, 4) is 0 Å². The predicted octanol–water partition coefficient (Wildman–Crippen LogP) is 2.20. The Balaban J connectivity index is 2.79. The molecule has 0 aliphatic carbocycles. The molecule has 0 aromatic rings. The Morgan fingerprint density at radius 1 is 1.08 bits per heavy atom. The lowest BCUT2D eigenvalue weighted by Crippen LogP contribution is -2.55. The molecule has 3 atom stereocenters. The summed E-state index contributed by atoms with van der Waals surface area (Å²) in [5, 5.41) is 16.6. The topological polar surface area (TPSA) is 154 Å². The lowest BCUT2D eigenvalue weighted by molar-refractivity contribution is -0.140. The maximum absolute atomic E-state index is 13.0. The summed E-state index contributed by atoms with van der Waals surface area (Å²) in [5.41, 5.74) is -0.622. The summed E-state index contributed by atoms with van der Waals surface area (Å²) in [4.78, 5) is 62.7. The highest BCUT2D eigenvalue weighted by atomic mass is 16.6. The fourth-order valence-corrected chi connectivity index (χ4v) is 4.00. The number of alkyl carbamates (subject to hydrolysis) is 1. The number of likely N-dealkylation sites (tertiary alicyclic amines) is 1. The second-order valence-corrected chi connectivity index (χ2v) is 11.1. The van der Waals surface area contributed by atoms with Crippen molar-refractivity contribution in [2.75, 3.05) is 13.1 Å². The standard InChI is InChI=1S/C26H44N4O7/c1-16(2)14-18(28-25(36)37-26(5,6)7)10-8-12-20(31)30-13-9-11-19(30)23(34)29-22(17(3)4)24(35)27-15-21(32)33/h8,10,16-19,22H,9,11-15H2,1-7H3,(H,27,35)(H,28,36)(H,29,34)(H,32,33)/b10-8+/t18-,19-,22+/m1/s1. The Morgan fingerprint density at radius 2 is 1.73 bits per heavy atom. The minimum Gasteiger partial charge on any atom is -0.480 e.